The molecule has 1 aliphatic heterocycles. The predicted octanol–water partition coefficient (Wildman–Crippen LogP) is 2.72. The van der Waals surface area contributed by atoms with Crippen molar-refractivity contribution in [3.05, 3.63) is 103 Å². The SMILES string of the molecule is C=CCn1c(=O)/c(=C\c2ccc(Cl)cc2)s/c1=C(/C#N)c1nnc(N2CCOCC2)n1-c1ccccc1. The minimum Gasteiger partial charge on any atom is -0.378 e. The van der Waals surface area contributed by atoms with Crippen molar-refractivity contribution in [3.8, 4) is 11.8 Å². The zero-order chi connectivity index (χ0) is 25.8. The first-order chi connectivity index (χ1) is 18.1. The second-order valence-electron chi connectivity index (χ2n) is 8.25. The lowest BCUT2D eigenvalue weighted by Crippen LogP contribution is -2.38. The third-order valence-corrected chi connectivity index (χ3v) is 7.27. The van der Waals surface area contributed by atoms with Crippen molar-refractivity contribution in [1.82, 2.24) is 19.3 Å². The van der Waals surface area contributed by atoms with Gasteiger partial charge < -0.3 is 9.64 Å². The number of hydrogen-bond donors (Lipinski definition) is 0. The molecule has 37 heavy (non-hydrogen) atoms. The first kappa shape index (κ1) is 24.7. The smallest absolute Gasteiger partial charge is 0.269 e. The molecule has 4 aromatic rings. The molecule has 0 radical (unpaired) electrons. The summed E-state index contributed by atoms with van der Waals surface area (Å²) in [5.41, 5.74) is 1.71. The van der Waals surface area contributed by atoms with Crippen LogP contribution < -0.4 is 19.7 Å². The van der Waals surface area contributed by atoms with Crippen molar-refractivity contribution in [2.75, 3.05) is 31.2 Å². The van der Waals surface area contributed by atoms with Gasteiger partial charge in [-0.1, -0.05) is 48.0 Å². The molecule has 186 valence electrons. The molecule has 0 saturated carbocycles. The van der Waals surface area contributed by atoms with Crippen molar-refractivity contribution in [2.45, 2.75) is 6.54 Å². The minimum absolute atomic E-state index is 0.207. The van der Waals surface area contributed by atoms with Gasteiger partial charge in [-0.3, -0.25) is 13.9 Å². The molecule has 0 spiro atoms. The number of aromatic nitrogens is 4. The van der Waals surface area contributed by atoms with E-state index in [1.54, 1.807) is 28.9 Å². The van der Waals surface area contributed by atoms with Crippen LogP contribution in [0.5, 0.6) is 0 Å². The average Bonchev–Trinajstić information content (AvgIpc) is 3.50. The molecule has 0 bridgehead atoms. The highest BCUT2D eigenvalue weighted by atomic mass is 35.5. The monoisotopic (exact) mass is 530 g/mol. The molecular formula is C27H23ClN6O2S. The van der Waals surface area contributed by atoms with Gasteiger partial charge in [0.15, 0.2) is 5.82 Å². The van der Waals surface area contributed by atoms with E-state index in [0.29, 0.717) is 52.3 Å². The van der Waals surface area contributed by atoms with Gasteiger partial charge >= 0.3 is 0 Å². The second-order valence-corrected chi connectivity index (χ2v) is 9.72. The summed E-state index contributed by atoms with van der Waals surface area (Å²) in [6.07, 6.45) is 3.43. The van der Waals surface area contributed by atoms with Crippen LogP contribution in [0.1, 0.15) is 11.4 Å². The van der Waals surface area contributed by atoms with Crippen LogP contribution in [-0.2, 0) is 11.3 Å². The van der Waals surface area contributed by atoms with Crippen molar-refractivity contribution in [3.63, 3.8) is 0 Å². The number of nitriles is 1. The van der Waals surface area contributed by atoms with Crippen LogP contribution in [0.15, 0.2) is 72.0 Å². The summed E-state index contributed by atoms with van der Waals surface area (Å²) >= 11 is 7.26. The number of thiazole rings is 1. The highest BCUT2D eigenvalue weighted by Crippen LogP contribution is 2.24. The number of morpholine rings is 1. The molecule has 0 aliphatic carbocycles. The third kappa shape index (κ3) is 5.00. The molecule has 2 aromatic heterocycles. The molecule has 1 fully saturated rings. The van der Waals surface area contributed by atoms with E-state index in [4.69, 9.17) is 16.3 Å². The normalized spacial score (nSPS) is 14.9. The van der Waals surface area contributed by atoms with E-state index in [0.717, 1.165) is 11.3 Å². The molecule has 10 heteroatoms. The van der Waals surface area contributed by atoms with E-state index in [9.17, 15) is 10.1 Å². The molecule has 3 heterocycles. The quantitative estimate of drug-likeness (QED) is 0.356. The highest BCUT2D eigenvalue weighted by Gasteiger charge is 2.25. The standard InChI is InChI=1S/C27H23ClN6O2S/c1-2-12-33-25(35)23(17-19-8-10-20(28)11-9-19)37-26(33)22(18-29)24-30-31-27(32-13-15-36-16-14-32)34(24)21-6-4-3-5-7-21/h2-11,17H,1,12-16H2/b23-17+,26-22-. The van der Waals surface area contributed by atoms with Gasteiger partial charge in [0.2, 0.25) is 5.95 Å². The number of anilines is 1. The number of benzene rings is 2. The van der Waals surface area contributed by atoms with E-state index < -0.39 is 0 Å². The van der Waals surface area contributed by atoms with Crippen LogP contribution in [-0.4, -0.2) is 45.6 Å². The number of hydrogen-bond acceptors (Lipinski definition) is 7. The Kier molecular flexibility index (Phi) is 7.32. The summed E-state index contributed by atoms with van der Waals surface area (Å²) in [7, 11) is 0. The van der Waals surface area contributed by atoms with Crippen molar-refractivity contribution >= 4 is 40.5 Å². The Hall–Kier alpha value is -3.97. The van der Waals surface area contributed by atoms with Gasteiger partial charge in [-0.15, -0.1) is 28.1 Å². The van der Waals surface area contributed by atoms with Crippen molar-refractivity contribution < 1.29 is 4.74 Å². The van der Waals surface area contributed by atoms with Gasteiger partial charge in [0.05, 0.1) is 23.4 Å². The molecule has 1 saturated heterocycles. The third-order valence-electron chi connectivity index (χ3n) is 5.89. The van der Waals surface area contributed by atoms with Crippen LogP contribution in [0.25, 0.3) is 17.3 Å². The lowest BCUT2D eigenvalue weighted by molar-refractivity contribution is 0.122. The molecule has 1 aliphatic rings. The van der Waals surface area contributed by atoms with Gasteiger partial charge in [-0.05, 0) is 35.9 Å². The first-order valence-electron chi connectivity index (χ1n) is 11.7. The maximum atomic E-state index is 13.4. The van der Waals surface area contributed by atoms with Gasteiger partial charge in [0, 0.05) is 24.7 Å². The Balaban J connectivity index is 1.77. The fraction of sp³-hybridized carbons (Fsp3) is 0.185. The molecule has 0 unspecified atom stereocenters. The average molecular weight is 531 g/mol. The summed E-state index contributed by atoms with van der Waals surface area (Å²) in [6, 6.07) is 19.2. The van der Waals surface area contributed by atoms with Gasteiger partial charge in [0.1, 0.15) is 16.3 Å². The second kappa shape index (κ2) is 11.0. The van der Waals surface area contributed by atoms with Crippen LogP contribution >= 0.6 is 22.9 Å². The fourth-order valence-electron chi connectivity index (χ4n) is 4.12. The molecular weight excluding hydrogens is 508 g/mol. The number of para-hydroxylation sites is 1. The molecule has 8 nitrogen and oxygen atoms in total. The van der Waals surface area contributed by atoms with Crippen LogP contribution in [0.3, 0.4) is 0 Å². The van der Waals surface area contributed by atoms with E-state index in [-0.39, 0.29) is 17.7 Å². The summed E-state index contributed by atoms with van der Waals surface area (Å²) in [5.74, 6) is 0.992. The Bertz CT molecular complexity index is 1640. The van der Waals surface area contributed by atoms with E-state index in [2.05, 4.69) is 27.7 Å². The number of nitrogens with zero attached hydrogens (tertiary/aromatic N) is 6. The lowest BCUT2D eigenvalue weighted by atomic mass is 10.2. The number of rotatable bonds is 6. The summed E-state index contributed by atoms with van der Waals surface area (Å²) < 4.78 is 9.92. The Morgan fingerprint density at radius 2 is 1.86 bits per heavy atom. The number of ether oxygens (including phenoxy) is 1. The summed E-state index contributed by atoms with van der Waals surface area (Å²) in [4.78, 5) is 15.5. The largest absolute Gasteiger partial charge is 0.378 e. The maximum Gasteiger partial charge on any atom is 0.269 e. The topological polar surface area (TPSA) is 89.0 Å². The number of allylic oxidation sites excluding steroid dienone is 1. The zero-order valence-electron chi connectivity index (χ0n) is 19.9. The maximum absolute atomic E-state index is 13.4. The molecule has 0 atom stereocenters. The van der Waals surface area contributed by atoms with Gasteiger partial charge in [-0.25, -0.2) is 0 Å². The van der Waals surface area contributed by atoms with Gasteiger partial charge in [-0.2, -0.15) is 5.26 Å². The van der Waals surface area contributed by atoms with Crippen molar-refractivity contribution in [2.24, 2.45) is 0 Å². The Morgan fingerprint density at radius 1 is 1.14 bits per heavy atom. The number of halogens is 1. The summed E-state index contributed by atoms with van der Waals surface area (Å²) in [6.45, 7) is 6.54. The predicted molar refractivity (Wildman–Crippen MR) is 146 cm³/mol. The van der Waals surface area contributed by atoms with E-state index in [1.807, 2.05) is 47.0 Å². The van der Waals surface area contributed by atoms with Crippen LogP contribution in [0.2, 0.25) is 5.02 Å². The Labute approximate surface area is 222 Å². The van der Waals surface area contributed by atoms with Crippen LogP contribution in [0, 0.1) is 11.3 Å². The Morgan fingerprint density at radius 3 is 2.54 bits per heavy atom. The molecule has 0 N–H and O–H groups in total. The molecule has 2 aromatic carbocycles. The lowest BCUT2D eigenvalue weighted by Gasteiger charge is -2.28. The molecule has 5 rings (SSSR count). The van der Waals surface area contributed by atoms with Gasteiger partial charge in [0.25, 0.3) is 5.56 Å². The van der Waals surface area contributed by atoms with E-state index >= 15 is 0 Å². The first-order valence-corrected chi connectivity index (χ1v) is 12.9. The van der Waals surface area contributed by atoms with Crippen molar-refractivity contribution in [1.29, 1.82) is 5.26 Å². The molecule has 0 amide bonds. The summed E-state index contributed by atoms with van der Waals surface area (Å²) in [5, 5.41) is 19.9. The minimum atomic E-state index is -0.207. The highest BCUT2D eigenvalue weighted by molar-refractivity contribution is 7.07. The van der Waals surface area contributed by atoms with E-state index in [1.165, 1.54) is 11.3 Å². The van der Waals surface area contributed by atoms with Crippen LogP contribution in [0.4, 0.5) is 5.95 Å². The zero-order valence-corrected chi connectivity index (χ0v) is 21.5. The fourth-order valence-corrected chi connectivity index (χ4v) is 5.36.